The third kappa shape index (κ3) is 6.49. The molecule has 0 unspecified atom stereocenters. The van der Waals surface area contributed by atoms with Gasteiger partial charge >= 0.3 is 17.9 Å². The molecular weight excluding hydrogens is 570 g/mol. The van der Waals surface area contributed by atoms with E-state index < -0.39 is 60.5 Å². The van der Waals surface area contributed by atoms with Crippen LogP contribution >= 0.6 is 0 Å². The van der Waals surface area contributed by atoms with Crippen LogP contribution in [0.4, 0.5) is 5.82 Å². The molecule has 1 aliphatic heterocycles. The number of carbonyl (C=O) groups is 3. The molecule has 1 saturated heterocycles. The zero-order chi connectivity index (χ0) is 32.2. The molecule has 0 aliphatic carbocycles. The van der Waals surface area contributed by atoms with Crippen molar-refractivity contribution in [2.45, 2.75) is 70.1 Å². The highest BCUT2D eigenvalue weighted by molar-refractivity contribution is 5.77. The lowest BCUT2D eigenvalue weighted by molar-refractivity contribution is -0.172. The second-order valence-corrected chi connectivity index (χ2v) is 11.3. The van der Waals surface area contributed by atoms with E-state index >= 15 is 0 Å². The van der Waals surface area contributed by atoms with E-state index in [1.807, 2.05) is 6.07 Å². The van der Waals surface area contributed by atoms with Gasteiger partial charge in [0.1, 0.15) is 42.7 Å². The molecule has 3 aromatic rings. The molecule has 14 heteroatoms. The number of carbonyl (C=O) groups excluding carboxylic acids is 3. The number of nitrogen functional groups attached to an aromatic ring is 1. The summed E-state index contributed by atoms with van der Waals surface area (Å²) in [4.78, 5) is 43.2. The van der Waals surface area contributed by atoms with Crippen molar-refractivity contribution in [2.75, 3.05) is 12.3 Å². The first-order valence-electron chi connectivity index (χ1n) is 14.2. The van der Waals surface area contributed by atoms with Crippen molar-refractivity contribution < 1.29 is 33.3 Å². The molecule has 2 aromatic heterocycles. The van der Waals surface area contributed by atoms with Crippen molar-refractivity contribution in [1.29, 1.82) is 5.26 Å². The lowest BCUT2D eigenvalue weighted by Crippen LogP contribution is -2.51. The van der Waals surface area contributed by atoms with Crippen LogP contribution in [0, 0.1) is 23.2 Å². The number of rotatable bonds is 11. The van der Waals surface area contributed by atoms with Gasteiger partial charge in [-0.1, -0.05) is 58.0 Å². The molecule has 0 amide bonds. The van der Waals surface area contributed by atoms with Crippen LogP contribution in [-0.4, -0.2) is 69.5 Å². The molecule has 0 saturated carbocycles. The summed E-state index contributed by atoms with van der Waals surface area (Å²) in [5.41, 5.74) is 17.3. The maximum Gasteiger partial charge on any atom is 0.323 e. The van der Waals surface area contributed by atoms with Crippen LogP contribution in [-0.2, 0) is 45.4 Å². The maximum atomic E-state index is 13.3. The van der Waals surface area contributed by atoms with Crippen LogP contribution in [0.25, 0.3) is 5.52 Å². The van der Waals surface area contributed by atoms with Gasteiger partial charge < -0.3 is 36.1 Å². The van der Waals surface area contributed by atoms with E-state index in [0.29, 0.717) is 11.1 Å². The van der Waals surface area contributed by atoms with E-state index in [2.05, 4.69) is 16.2 Å². The molecule has 14 nitrogen and oxygen atoms in total. The normalized spacial score (nSPS) is 22.8. The first-order valence-corrected chi connectivity index (χ1v) is 14.2. The Hall–Kier alpha value is -4.58. The summed E-state index contributed by atoms with van der Waals surface area (Å²) in [6.07, 6.45) is -3.15. The Kier molecular flexibility index (Phi) is 9.83. The number of fused-ring (bicyclic) bond motifs is 1. The smallest absolute Gasteiger partial charge is 0.323 e. The average Bonchev–Trinajstić information content (AvgIpc) is 3.56. The molecule has 1 aromatic carbocycles. The van der Waals surface area contributed by atoms with E-state index in [1.54, 1.807) is 58.0 Å². The molecule has 6 atom stereocenters. The van der Waals surface area contributed by atoms with Gasteiger partial charge in [-0.05, 0) is 29.5 Å². The van der Waals surface area contributed by atoms with Crippen molar-refractivity contribution in [1.82, 2.24) is 14.6 Å². The quantitative estimate of drug-likeness (QED) is 0.205. The Morgan fingerprint density at radius 3 is 2.27 bits per heavy atom. The fourth-order valence-electron chi connectivity index (χ4n) is 4.75. The number of nitrogens with zero attached hydrogens (tertiary/aromatic N) is 4. The molecule has 44 heavy (non-hydrogen) atoms. The number of hydrogen-bond acceptors (Lipinski definition) is 13. The molecule has 1 aliphatic rings. The number of benzene rings is 1. The van der Waals surface area contributed by atoms with E-state index in [9.17, 15) is 19.6 Å². The van der Waals surface area contributed by atoms with Gasteiger partial charge in [0.25, 0.3) is 0 Å². The zero-order valence-electron chi connectivity index (χ0n) is 25.0. The number of nitrogens with two attached hydrogens (primary N) is 3. The third-order valence-electron chi connectivity index (χ3n) is 7.51. The van der Waals surface area contributed by atoms with Crippen LogP contribution in [0.2, 0.25) is 0 Å². The van der Waals surface area contributed by atoms with Crippen molar-refractivity contribution in [3.8, 4) is 6.07 Å². The van der Waals surface area contributed by atoms with Crippen LogP contribution in [0.3, 0.4) is 0 Å². The van der Waals surface area contributed by atoms with Gasteiger partial charge in [-0.2, -0.15) is 10.4 Å². The monoisotopic (exact) mass is 607 g/mol. The van der Waals surface area contributed by atoms with Gasteiger partial charge in [0.2, 0.25) is 5.60 Å². The van der Waals surface area contributed by atoms with Gasteiger partial charge in [-0.3, -0.25) is 14.4 Å². The highest BCUT2D eigenvalue weighted by Gasteiger charge is 2.63. The van der Waals surface area contributed by atoms with Crippen LogP contribution in [0.1, 0.15) is 39.0 Å². The Morgan fingerprint density at radius 1 is 1.02 bits per heavy atom. The molecular formula is C30H37N7O7. The molecule has 0 spiro atoms. The standard InChI is InChI=1S/C30H37N7O7/c1-16(2)23(32)28(39)42-25-20(13-41-22(38)12-18-8-6-5-7-9-18)44-30(14-31,26(25)43-29(40)24(33)17(3)4)21-11-10-19-27(34)35-15-36-37(19)21/h5-11,15-17,20,23-26H,12-13,32-33H2,1-4H3,(H2,34,35,36)/t20-,23+,24+,25-,26-,30+/m1/s1. The number of nitriles is 1. The predicted octanol–water partition coefficient (Wildman–Crippen LogP) is 1.01. The number of aromatic nitrogens is 3. The molecule has 0 radical (unpaired) electrons. The van der Waals surface area contributed by atoms with Gasteiger partial charge in [0.15, 0.2) is 18.0 Å². The Labute approximate surface area is 254 Å². The molecule has 0 bridgehead atoms. The predicted molar refractivity (Wildman–Crippen MR) is 156 cm³/mol. The lowest BCUT2D eigenvalue weighted by Gasteiger charge is -2.30. The summed E-state index contributed by atoms with van der Waals surface area (Å²) < 4.78 is 24.9. The number of ether oxygens (including phenoxy) is 4. The molecule has 234 valence electrons. The lowest BCUT2D eigenvalue weighted by atomic mass is 9.91. The Balaban J connectivity index is 1.78. The fourth-order valence-corrected chi connectivity index (χ4v) is 4.75. The highest BCUT2D eigenvalue weighted by Crippen LogP contribution is 2.44. The Morgan fingerprint density at radius 2 is 1.66 bits per heavy atom. The largest absolute Gasteiger partial charge is 0.463 e. The maximum absolute atomic E-state index is 13.3. The average molecular weight is 608 g/mol. The summed E-state index contributed by atoms with van der Waals surface area (Å²) in [6.45, 7) is 6.46. The molecule has 1 fully saturated rings. The highest BCUT2D eigenvalue weighted by atomic mass is 16.7. The second-order valence-electron chi connectivity index (χ2n) is 11.3. The molecule has 6 N–H and O–H groups in total. The van der Waals surface area contributed by atoms with Crippen molar-refractivity contribution in [3.05, 3.63) is 60.0 Å². The molecule has 3 heterocycles. The SMILES string of the molecule is CC(C)[C@H](N)C(=O)O[C@H]1[C@@H](OC(=O)[C@@H](N)C(C)C)[C@](C#N)(c2ccc3c(N)ncnn23)O[C@@H]1COC(=O)Cc1ccccc1. The summed E-state index contributed by atoms with van der Waals surface area (Å²) in [6, 6.07) is 12.0. The van der Waals surface area contributed by atoms with Crippen LogP contribution in [0.5, 0.6) is 0 Å². The number of hydrogen-bond donors (Lipinski definition) is 3. The first kappa shape index (κ1) is 32.3. The van der Waals surface area contributed by atoms with E-state index in [4.69, 9.17) is 36.1 Å². The fraction of sp³-hybridized carbons (Fsp3) is 0.467. The van der Waals surface area contributed by atoms with Gasteiger partial charge in [0.05, 0.1) is 12.1 Å². The zero-order valence-corrected chi connectivity index (χ0v) is 25.0. The first-order chi connectivity index (χ1) is 20.9. The van der Waals surface area contributed by atoms with Gasteiger partial charge in [-0.25, -0.2) is 9.50 Å². The van der Waals surface area contributed by atoms with E-state index in [1.165, 1.54) is 16.9 Å². The minimum atomic E-state index is -2.12. The number of anilines is 1. The minimum absolute atomic E-state index is 0.0408. The van der Waals surface area contributed by atoms with Crippen molar-refractivity contribution >= 4 is 29.2 Å². The molecule has 4 rings (SSSR count). The third-order valence-corrected chi connectivity index (χ3v) is 7.51. The van der Waals surface area contributed by atoms with Gasteiger partial charge in [-0.15, -0.1) is 0 Å². The van der Waals surface area contributed by atoms with Crippen molar-refractivity contribution in [2.24, 2.45) is 23.3 Å². The number of esters is 3. The van der Waals surface area contributed by atoms with Crippen molar-refractivity contribution in [3.63, 3.8) is 0 Å². The topological polar surface area (TPSA) is 220 Å². The van der Waals surface area contributed by atoms with Gasteiger partial charge in [0, 0.05) is 0 Å². The van der Waals surface area contributed by atoms with E-state index in [-0.39, 0.29) is 29.8 Å². The summed E-state index contributed by atoms with van der Waals surface area (Å²) in [5.74, 6) is -2.81. The Bertz CT molecular complexity index is 1540. The summed E-state index contributed by atoms with van der Waals surface area (Å²) in [5, 5.41) is 14.9. The minimum Gasteiger partial charge on any atom is -0.463 e. The second kappa shape index (κ2) is 13.4. The van der Waals surface area contributed by atoms with E-state index in [0.717, 1.165) is 0 Å². The summed E-state index contributed by atoms with van der Waals surface area (Å²) in [7, 11) is 0. The summed E-state index contributed by atoms with van der Waals surface area (Å²) >= 11 is 0. The van der Waals surface area contributed by atoms with Crippen LogP contribution < -0.4 is 17.2 Å². The van der Waals surface area contributed by atoms with Crippen LogP contribution in [0.15, 0.2) is 48.8 Å².